The number of aryl methyl sites for hydroxylation is 2. The van der Waals surface area contributed by atoms with Crippen LogP contribution in [0.4, 0.5) is 0 Å². The Balaban J connectivity index is 1.20. The predicted octanol–water partition coefficient (Wildman–Crippen LogP) is 5.52. The highest BCUT2D eigenvalue weighted by Gasteiger charge is 2.82. The van der Waals surface area contributed by atoms with Gasteiger partial charge < -0.3 is 14.2 Å². The van der Waals surface area contributed by atoms with Crippen LogP contribution in [-0.2, 0) is 27.1 Å². The fraction of sp³-hybridized carbons (Fsp3) is 0.724. The molecule has 3 heterocycles. The Bertz CT molecular complexity index is 1120. The molecule has 0 unspecified atom stereocenters. The molecule has 1 saturated heterocycles. The van der Waals surface area contributed by atoms with Crippen LogP contribution >= 0.6 is 0 Å². The molecule has 0 aromatic heterocycles. The second-order valence-electron chi connectivity index (χ2n) is 12.9. The van der Waals surface area contributed by atoms with E-state index in [9.17, 15) is 4.79 Å². The number of carbonyl (C=O) groups is 1. The molecule has 5 heteroatoms. The number of epoxide rings is 1. The van der Waals surface area contributed by atoms with Crippen molar-refractivity contribution in [2.45, 2.75) is 108 Å². The third-order valence-corrected chi connectivity index (χ3v) is 10.6. The molecule has 3 aliphatic heterocycles. The number of esters is 1. The van der Waals surface area contributed by atoms with Gasteiger partial charge in [0.15, 0.2) is 5.60 Å². The third kappa shape index (κ3) is 2.65. The summed E-state index contributed by atoms with van der Waals surface area (Å²) in [7, 11) is 0. The van der Waals surface area contributed by atoms with E-state index in [0.717, 1.165) is 37.3 Å². The van der Waals surface area contributed by atoms with E-state index in [2.05, 4.69) is 39.8 Å². The number of carbonyl (C=O) groups excluding carboxylic acids is 1. The standard InChI is InChI=1S/C29H37NO4/c1-26(2)16-32-25(30-26)28(4)29(34-28)13-11-22-20-9-8-17-15-23-18(6-5-7-24(31)33-23)14-21(17)19(20)10-12-27(22,29)3/h14-15,19-20,22H,5-13,16H2,1-4H3/t19-,20+,22-,27-,28-,29-/m0/s1. The molecular weight excluding hydrogens is 426 g/mol. The zero-order valence-corrected chi connectivity index (χ0v) is 21.0. The topological polar surface area (TPSA) is 60.4 Å². The highest BCUT2D eigenvalue weighted by Crippen LogP contribution is 2.75. The number of hydrogen-bond donors (Lipinski definition) is 0. The number of ether oxygens (including phenoxy) is 3. The van der Waals surface area contributed by atoms with Gasteiger partial charge in [-0.25, -0.2) is 4.99 Å². The van der Waals surface area contributed by atoms with E-state index in [1.54, 1.807) is 5.56 Å². The van der Waals surface area contributed by atoms with Gasteiger partial charge in [-0.3, -0.25) is 4.79 Å². The Morgan fingerprint density at radius 1 is 0.971 bits per heavy atom. The lowest BCUT2D eigenvalue weighted by molar-refractivity contribution is -0.134. The minimum Gasteiger partial charge on any atom is -0.476 e. The summed E-state index contributed by atoms with van der Waals surface area (Å²) >= 11 is 0. The van der Waals surface area contributed by atoms with E-state index >= 15 is 0 Å². The molecule has 2 saturated carbocycles. The van der Waals surface area contributed by atoms with Gasteiger partial charge >= 0.3 is 5.97 Å². The van der Waals surface area contributed by atoms with Gasteiger partial charge in [-0.05, 0) is 113 Å². The summed E-state index contributed by atoms with van der Waals surface area (Å²) in [5, 5.41) is 0. The van der Waals surface area contributed by atoms with Gasteiger partial charge in [0.25, 0.3) is 0 Å². The number of fused-ring (bicyclic) bond motifs is 7. The summed E-state index contributed by atoms with van der Waals surface area (Å²) in [6.45, 7) is 9.69. The Kier molecular flexibility index (Phi) is 4.19. The molecule has 3 fully saturated rings. The van der Waals surface area contributed by atoms with Gasteiger partial charge in [0.05, 0.1) is 5.54 Å². The van der Waals surface area contributed by atoms with Crippen LogP contribution in [0.1, 0.15) is 95.2 Å². The van der Waals surface area contributed by atoms with Crippen molar-refractivity contribution in [3.8, 4) is 5.75 Å². The average molecular weight is 464 g/mol. The summed E-state index contributed by atoms with van der Waals surface area (Å²) in [6, 6.07) is 4.61. The fourth-order valence-electron chi connectivity index (χ4n) is 8.85. The van der Waals surface area contributed by atoms with Crippen LogP contribution in [0, 0.1) is 17.3 Å². The fourth-order valence-corrected chi connectivity index (χ4v) is 8.85. The molecule has 0 radical (unpaired) electrons. The number of aliphatic imine (C=N–C) groups is 1. The maximum Gasteiger partial charge on any atom is 0.311 e. The lowest BCUT2D eigenvalue weighted by Crippen LogP contribution is -2.49. The second-order valence-corrected chi connectivity index (χ2v) is 12.9. The van der Waals surface area contributed by atoms with Crippen molar-refractivity contribution in [1.82, 2.24) is 0 Å². The lowest BCUT2D eigenvalue weighted by atomic mass is 9.53. The van der Waals surface area contributed by atoms with Crippen LogP contribution in [-0.4, -0.2) is 35.2 Å². The summed E-state index contributed by atoms with van der Waals surface area (Å²) in [6.07, 6.45) is 9.43. The van der Waals surface area contributed by atoms with Crippen molar-refractivity contribution in [1.29, 1.82) is 0 Å². The quantitative estimate of drug-likeness (QED) is 0.313. The minimum atomic E-state index is -0.370. The molecule has 0 N–H and O–H groups in total. The molecule has 7 rings (SSSR count). The van der Waals surface area contributed by atoms with E-state index in [-0.39, 0.29) is 28.1 Å². The molecule has 0 amide bonds. The van der Waals surface area contributed by atoms with Crippen LogP contribution < -0.4 is 4.74 Å². The first-order chi connectivity index (χ1) is 16.2. The van der Waals surface area contributed by atoms with Crippen molar-refractivity contribution in [3.05, 3.63) is 28.8 Å². The Morgan fingerprint density at radius 2 is 1.82 bits per heavy atom. The summed E-state index contributed by atoms with van der Waals surface area (Å²) in [5.74, 6) is 3.57. The average Bonchev–Trinajstić information content (AvgIpc) is 3.17. The highest BCUT2D eigenvalue weighted by atomic mass is 16.7. The Morgan fingerprint density at radius 3 is 2.62 bits per heavy atom. The van der Waals surface area contributed by atoms with E-state index in [4.69, 9.17) is 19.2 Å². The lowest BCUT2D eigenvalue weighted by Gasteiger charge is -2.50. The zero-order valence-electron chi connectivity index (χ0n) is 21.0. The van der Waals surface area contributed by atoms with Crippen molar-refractivity contribution in [2.75, 3.05) is 6.61 Å². The van der Waals surface area contributed by atoms with E-state index in [1.807, 2.05) is 0 Å². The molecule has 1 aromatic rings. The minimum absolute atomic E-state index is 0.0798. The SMILES string of the molecule is CC1(C)COC([C@]2(C)O[C@]23CC[C@H]2[C@@H]4CCc5cc6c(cc5[C@H]4CC[C@@]23C)CCCC(=O)O6)=N1. The Labute approximate surface area is 202 Å². The van der Waals surface area contributed by atoms with Crippen molar-refractivity contribution < 1.29 is 19.0 Å². The van der Waals surface area contributed by atoms with Crippen LogP contribution in [0.15, 0.2) is 17.1 Å². The van der Waals surface area contributed by atoms with E-state index in [1.165, 1.54) is 36.8 Å². The molecule has 6 atom stereocenters. The van der Waals surface area contributed by atoms with Gasteiger partial charge in [0.1, 0.15) is 18.0 Å². The molecule has 3 aliphatic carbocycles. The molecule has 34 heavy (non-hydrogen) atoms. The van der Waals surface area contributed by atoms with E-state index in [0.29, 0.717) is 30.8 Å². The number of hydrogen-bond acceptors (Lipinski definition) is 5. The maximum absolute atomic E-state index is 12.0. The van der Waals surface area contributed by atoms with Gasteiger partial charge in [-0.2, -0.15) is 0 Å². The molecule has 6 aliphatic rings. The summed E-state index contributed by atoms with van der Waals surface area (Å²) < 4.78 is 18.6. The van der Waals surface area contributed by atoms with Crippen molar-refractivity contribution >= 4 is 11.9 Å². The van der Waals surface area contributed by atoms with Crippen molar-refractivity contribution in [3.63, 3.8) is 0 Å². The monoisotopic (exact) mass is 463 g/mol. The zero-order chi connectivity index (χ0) is 23.5. The molecule has 1 aromatic carbocycles. The first kappa shape index (κ1) is 21.4. The smallest absolute Gasteiger partial charge is 0.311 e. The van der Waals surface area contributed by atoms with Crippen LogP contribution in [0.3, 0.4) is 0 Å². The van der Waals surface area contributed by atoms with Gasteiger partial charge in [-0.1, -0.05) is 13.0 Å². The Hall–Kier alpha value is -1.88. The first-order valence-corrected chi connectivity index (χ1v) is 13.5. The van der Waals surface area contributed by atoms with Gasteiger partial charge in [0.2, 0.25) is 5.90 Å². The molecular formula is C29H37NO4. The van der Waals surface area contributed by atoms with Crippen molar-refractivity contribution in [2.24, 2.45) is 22.2 Å². The highest BCUT2D eigenvalue weighted by molar-refractivity contribution is 5.91. The largest absolute Gasteiger partial charge is 0.476 e. The van der Waals surface area contributed by atoms with Crippen LogP contribution in [0.2, 0.25) is 0 Å². The normalized spacial score (nSPS) is 43.6. The molecule has 0 bridgehead atoms. The molecule has 182 valence electrons. The molecule has 5 nitrogen and oxygen atoms in total. The summed E-state index contributed by atoms with van der Waals surface area (Å²) in [4.78, 5) is 16.9. The third-order valence-electron chi connectivity index (χ3n) is 10.6. The second kappa shape index (κ2) is 6.66. The van der Waals surface area contributed by atoms with Gasteiger partial charge in [0, 0.05) is 11.8 Å². The van der Waals surface area contributed by atoms with Gasteiger partial charge in [-0.15, -0.1) is 0 Å². The number of nitrogens with zero attached hydrogens (tertiary/aromatic N) is 1. The number of benzene rings is 1. The predicted molar refractivity (Wildman–Crippen MR) is 129 cm³/mol. The van der Waals surface area contributed by atoms with Crippen LogP contribution in [0.25, 0.3) is 0 Å². The maximum atomic E-state index is 12.0. The first-order valence-electron chi connectivity index (χ1n) is 13.5. The molecule has 1 spiro atoms. The van der Waals surface area contributed by atoms with E-state index < -0.39 is 0 Å². The number of rotatable bonds is 1. The summed E-state index contributed by atoms with van der Waals surface area (Å²) in [5.41, 5.74) is 3.71. The van der Waals surface area contributed by atoms with Crippen LogP contribution in [0.5, 0.6) is 5.75 Å².